The smallest absolute Gasteiger partial charge is 0.253 e. The molecule has 3 rings (SSSR count). The Morgan fingerprint density at radius 1 is 1.21 bits per heavy atom. The van der Waals surface area contributed by atoms with Crippen molar-refractivity contribution in [2.24, 2.45) is 5.92 Å². The minimum atomic E-state index is 0.106. The summed E-state index contributed by atoms with van der Waals surface area (Å²) >= 11 is 6.16. The van der Waals surface area contributed by atoms with E-state index in [4.69, 9.17) is 16.3 Å². The summed E-state index contributed by atoms with van der Waals surface area (Å²) in [6, 6.07) is 6.16. The van der Waals surface area contributed by atoms with Crippen molar-refractivity contribution >= 4 is 17.5 Å². The summed E-state index contributed by atoms with van der Waals surface area (Å²) in [6.07, 6.45) is 2.15. The summed E-state index contributed by atoms with van der Waals surface area (Å²) in [7, 11) is 0. The number of aryl methyl sites for hydroxylation is 1. The van der Waals surface area contributed by atoms with Crippen LogP contribution in [0.2, 0.25) is 5.02 Å². The molecule has 1 aromatic rings. The Balaban J connectivity index is 1.56. The van der Waals surface area contributed by atoms with Gasteiger partial charge in [0.25, 0.3) is 5.91 Å². The summed E-state index contributed by atoms with van der Waals surface area (Å²) in [5, 5.41) is 0.664. The highest BCUT2D eigenvalue weighted by atomic mass is 35.5. The zero-order chi connectivity index (χ0) is 17.1. The molecule has 0 radical (unpaired) electrons. The van der Waals surface area contributed by atoms with Crippen LogP contribution in [0, 0.1) is 12.8 Å². The molecule has 4 nitrogen and oxygen atoms in total. The number of benzene rings is 1. The van der Waals surface area contributed by atoms with Crippen LogP contribution in [0.15, 0.2) is 18.2 Å². The van der Waals surface area contributed by atoms with E-state index in [1.54, 1.807) is 6.07 Å². The number of piperidine rings is 1. The summed E-state index contributed by atoms with van der Waals surface area (Å²) in [5.74, 6) is 0.767. The number of nitrogens with zero attached hydrogens (tertiary/aromatic N) is 2. The monoisotopic (exact) mass is 350 g/mol. The fourth-order valence-corrected chi connectivity index (χ4v) is 3.96. The summed E-state index contributed by atoms with van der Waals surface area (Å²) in [5.41, 5.74) is 1.71. The molecule has 2 aliphatic heterocycles. The van der Waals surface area contributed by atoms with Gasteiger partial charge in [-0.05, 0) is 50.3 Å². The highest BCUT2D eigenvalue weighted by Crippen LogP contribution is 2.26. The predicted molar refractivity (Wildman–Crippen MR) is 96.7 cm³/mol. The van der Waals surface area contributed by atoms with Crippen LogP contribution in [0.4, 0.5) is 0 Å². The van der Waals surface area contributed by atoms with Crippen molar-refractivity contribution in [3.8, 4) is 0 Å². The third-order valence-corrected chi connectivity index (χ3v) is 5.96. The lowest BCUT2D eigenvalue weighted by Crippen LogP contribution is -2.49. The van der Waals surface area contributed by atoms with E-state index in [-0.39, 0.29) is 5.91 Å². The molecule has 0 saturated carbocycles. The average Bonchev–Trinajstić information content (AvgIpc) is 2.63. The largest absolute Gasteiger partial charge is 0.379 e. The van der Waals surface area contributed by atoms with Gasteiger partial charge in [0, 0.05) is 42.8 Å². The summed E-state index contributed by atoms with van der Waals surface area (Å²) in [6.45, 7) is 9.70. The Kier molecular flexibility index (Phi) is 5.80. The Bertz CT molecular complexity index is 579. The molecule has 2 fully saturated rings. The molecule has 0 aromatic heterocycles. The van der Waals surface area contributed by atoms with Crippen molar-refractivity contribution in [3.63, 3.8) is 0 Å². The molecule has 0 aliphatic carbocycles. The third-order valence-electron chi connectivity index (χ3n) is 5.55. The van der Waals surface area contributed by atoms with E-state index in [2.05, 4.69) is 11.8 Å². The van der Waals surface area contributed by atoms with E-state index in [1.807, 2.05) is 24.0 Å². The molecule has 5 heteroatoms. The van der Waals surface area contributed by atoms with Gasteiger partial charge in [0.05, 0.1) is 13.2 Å². The highest BCUT2D eigenvalue weighted by molar-refractivity contribution is 6.31. The second-order valence-corrected chi connectivity index (χ2v) is 7.39. The standard InChI is InChI=1S/C19H27ClN2O2/c1-14-3-4-17(13-18(14)20)19(23)22-7-5-16(6-8-22)15(2)21-9-11-24-12-10-21/h3-4,13,15-16H,5-12H2,1-2H3/t15-/m1/s1. The molecule has 0 N–H and O–H groups in total. The average molecular weight is 351 g/mol. The molecule has 2 aliphatic rings. The number of halogens is 1. The molecule has 0 bridgehead atoms. The maximum absolute atomic E-state index is 12.7. The van der Waals surface area contributed by atoms with Crippen molar-refractivity contribution in [2.75, 3.05) is 39.4 Å². The van der Waals surface area contributed by atoms with E-state index >= 15 is 0 Å². The third kappa shape index (κ3) is 3.93. The number of likely N-dealkylation sites (tertiary alicyclic amines) is 1. The molecule has 2 heterocycles. The molecule has 2 saturated heterocycles. The summed E-state index contributed by atoms with van der Waals surface area (Å²) < 4.78 is 5.45. The van der Waals surface area contributed by atoms with Crippen molar-refractivity contribution in [3.05, 3.63) is 34.3 Å². The van der Waals surface area contributed by atoms with Gasteiger partial charge in [0.15, 0.2) is 0 Å². The fraction of sp³-hybridized carbons (Fsp3) is 0.632. The van der Waals surface area contributed by atoms with E-state index < -0.39 is 0 Å². The van der Waals surface area contributed by atoms with Gasteiger partial charge in [-0.1, -0.05) is 17.7 Å². The van der Waals surface area contributed by atoms with E-state index in [9.17, 15) is 4.79 Å². The highest BCUT2D eigenvalue weighted by Gasteiger charge is 2.30. The fourth-order valence-electron chi connectivity index (χ4n) is 3.78. The van der Waals surface area contributed by atoms with Crippen molar-refractivity contribution < 1.29 is 9.53 Å². The van der Waals surface area contributed by atoms with Gasteiger partial charge in [-0.2, -0.15) is 0 Å². The molecule has 0 spiro atoms. The Hall–Kier alpha value is -1.10. The second kappa shape index (κ2) is 7.85. The van der Waals surface area contributed by atoms with Crippen LogP contribution in [0.3, 0.4) is 0 Å². The normalized spacial score (nSPS) is 21.7. The van der Waals surface area contributed by atoms with E-state index in [0.717, 1.165) is 57.8 Å². The first-order chi connectivity index (χ1) is 11.6. The van der Waals surface area contributed by atoms with Crippen molar-refractivity contribution in [1.29, 1.82) is 0 Å². The Morgan fingerprint density at radius 3 is 2.50 bits per heavy atom. The van der Waals surface area contributed by atoms with Crippen LogP contribution in [0.1, 0.15) is 35.7 Å². The first-order valence-electron chi connectivity index (χ1n) is 8.93. The van der Waals surface area contributed by atoms with Crippen LogP contribution < -0.4 is 0 Å². The number of morpholine rings is 1. The van der Waals surface area contributed by atoms with Crippen LogP contribution in [-0.2, 0) is 4.74 Å². The zero-order valence-corrected chi connectivity index (χ0v) is 15.4. The molecular weight excluding hydrogens is 324 g/mol. The lowest BCUT2D eigenvalue weighted by atomic mass is 9.89. The molecule has 0 unspecified atom stereocenters. The zero-order valence-electron chi connectivity index (χ0n) is 14.6. The maximum Gasteiger partial charge on any atom is 0.253 e. The van der Waals surface area contributed by atoms with Crippen LogP contribution in [0.5, 0.6) is 0 Å². The van der Waals surface area contributed by atoms with Crippen LogP contribution >= 0.6 is 11.6 Å². The first kappa shape index (κ1) is 17.7. The minimum Gasteiger partial charge on any atom is -0.379 e. The molecule has 24 heavy (non-hydrogen) atoms. The number of rotatable bonds is 3. The molecule has 1 amide bonds. The van der Waals surface area contributed by atoms with Gasteiger partial charge in [-0.15, -0.1) is 0 Å². The second-order valence-electron chi connectivity index (χ2n) is 6.98. The molecule has 1 aromatic carbocycles. The van der Waals surface area contributed by atoms with Crippen LogP contribution in [-0.4, -0.2) is 61.1 Å². The topological polar surface area (TPSA) is 32.8 Å². The lowest BCUT2D eigenvalue weighted by Gasteiger charge is -2.41. The minimum absolute atomic E-state index is 0.106. The van der Waals surface area contributed by atoms with Gasteiger partial charge >= 0.3 is 0 Å². The number of amides is 1. The number of ether oxygens (including phenoxy) is 1. The maximum atomic E-state index is 12.7. The molecular formula is C19H27ClN2O2. The number of hydrogen-bond acceptors (Lipinski definition) is 3. The molecule has 132 valence electrons. The SMILES string of the molecule is Cc1ccc(C(=O)N2CCC([C@@H](C)N3CCOCC3)CC2)cc1Cl. The van der Waals surface area contributed by atoms with E-state index in [0.29, 0.717) is 22.5 Å². The van der Waals surface area contributed by atoms with Gasteiger partial charge in [0.1, 0.15) is 0 Å². The van der Waals surface area contributed by atoms with E-state index in [1.165, 1.54) is 0 Å². The van der Waals surface area contributed by atoms with Gasteiger partial charge in [-0.25, -0.2) is 0 Å². The first-order valence-corrected chi connectivity index (χ1v) is 9.31. The number of carbonyl (C=O) groups is 1. The quantitative estimate of drug-likeness (QED) is 0.839. The lowest BCUT2D eigenvalue weighted by molar-refractivity contribution is -0.000950. The number of carbonyl (C=O) groups excluding carboxylic acids is 1. The predicted octanol–water partition coefficient (Wildman–Crippen LogP) is 3.22. The van der Waals surface area contributed by atoms with Gasteiger partial charge in [-0.3, -0.25) is 9.69 Å². The Labute approximate surface area is 149 Å². The van der Waals surface area contributed by atoms with Crippen molar-refractivity contribution in [1.82, 2.24) is 9.80 Å². The number of hydrogen-bond donors (Lipinski definition) is 0. The molecule has 1 atom stereocenters. The Morgan fingerprint density at radius 2 is 1.88 bits per heavy atom. The van der Waals surface area contributed by atoms with Gasteiger partial charge in [0.2, 0.25) is 0 Å². The van der Waals surface area contributed by atoms with Crippen LogP contribution in [0.25, 0.3) is 0 Å². The van der Waals surface area contributed by atoms with Crippen molar-refractivity contribution in [2.45, 2.75) is 32.7 Å². The van der Waals surface area contributed by atoms with Gasteiger partial charge < -0.3 is 9.64 Å². The summed E-state index contributed by atoms with van der Waals surface area (Å²) in [4.78, 5) is 17.2.